The van der Waals surface area contributed by atoms with Crippen molar-refractivity contribution < 1.29 is 22.8 Å². The molecule has 1 saturated carbocycles. The zero-order chi connectivity index (χ0) is 23.0. The van der Waals surface area contributed by atoms with Crippen LogP contribution in [-0.2, 0) is 24.6 Å². The van der Waals surface area contributed by atoms with Crippen LogP contribution in [0.15, 0.2) is 36.5 Å². The highest BCUT2D eigenvalue weighted by Crippen LogP contribution is 2.46. The summed E-state index contributed by atoms with van der Waals surface area (Å²) in [5.74, 6) is -1.06. The van der Waals surface area contributed by atoms with E-state index >= 15 is 0 Å². The van der Waals surface area contributed by atoms with Gasteiger partial charge in [-0.3, -0.25) is 19.0 Å². The number of anilines is 2. The predicted octanol–water partition coefficient (Wildman–Crippen LogP) is 4.06. The van der Waals surface area contributed by atoms with Gasteiger partial charge in [0.1, 0.15) is 6.54 Å². The molecule has 168 valence electrons. The van der Waals surface area contributed by atoms with Gasteiger partial charge in [-0.25, -0.2) is 0 Å². The number of benzene rings is 1. The second-order valence-corrected chi connectivity index (χ2v) is 7.81. The Morgan fingerprint density at radius 2 is 1.72 bits per heavy atom. The summed E-state index contributed by atoms with van der Waals surface area (Å²) in [4.78, 5) is 24.5. The van der Waals surface area contributed by atoms with Gasteiger partial charge < -0.3 is 10.6 Å². The number of halogens is 4. The van der Waals surface area contributed by atoms with Gasteiger partial charge in [-0.1, -0.05) is 11.6 Å². The molecule has 1 aliphatic rings. The second kappa shape index (κ2) is 8.30. The molecule has 0 atom stereocenters. The van der Waals surface area contributed by atoms with E-state index in [9.17, 15) is 22.8 Å². The third-order valence-electron chi connectivity index (χ3n) is 4.83. The van der Waals surface area contributed by atoms with Crippen molar-refractivity contribution in [3.05, 3.63) is 58.6 Å². The number of amides is 2. The number of rotatable bonds is 6. The molecule has 0 radical (unpaired) electrons. The smallest absolute Gasteiger partial charge is 0.324 e. The van der Waals surface area contributed by atoms with Gasteiger partial charge in [0.25, 0.3) is 5.91 Å². The number of carbonyl (C=O) groups excluding carboxylic acids is 2. The lowest BCUT2D eigenvalue weighted by atomic mass is 10.2. The summed E-state index contributed by atoms with van der Waals surface area (Å²) >= 11 is 5.92. The summed E-state index contributed by atoms with van der Waals surface area (Å²) < 4.78 is 42.0. The van der Waals surface area contributed by atoms with Crippen molar-refractivity contribution in [1.29, 1.82) is 0 Å². The Kier molecular flexibility index (Phi) is 5.68. The lowest BCUT2D eigenvalue weighted by Crippen LogP contribution is -2.21. The van der Waals surface area contributed by atoms with Gasteiger partial charge in [-0.2, -0.15) is 23.4 Å². The predicted molar refractivity (Wildman–Crippen MR) is 110 cm³/mol. The Morgan fingerprint density at radius 1 is 1.09 bits per heavy atom. The summed E-state index contributed by atoms with van der Waals surface area (Å²) in [7, 11) is 1.70. The fourth-order valence-electron chi connectivity index (χ4n) is 3.21. The highest BCUT2D eigenvalue weighted by Gasteiger charge is 2.42. The molecule has 1 fully saturated rings. The van der Waals surface area contributed by atoms with Gasteiger partial charge in [0.05, 0.1) is 10.7 Å². The first-order valence-electron chi connectivity index (χ1n) is 9.66. The van der Waals surface area contributed by atoms with Crippen molar-refractivity contribution in [3.8, 4) is 0 Å². The Morgan fingerprint density at radius 3 is 2.25 bits per heavy atom. The Hall–Kier alpha value is -3.34. The molecular formula is C20H18ClF3N6O2. The average Bonchev–Trinajstić information content (AvgIpc) is 3.35. The molecule has 1 aromatic carbocycles. The molecule has 12 heteroatoms. The van der Waals surface area contributed by atoms with Gasteiger partial charge in [-0.05, 0) is 43.2 Å². The topological polar surface area (TPSA) is 93.8 Å². The van der Waals surface area contributed by atoms with Crippen molar-refractivity contribution in [2.75, 3.05) is 10.6 Å². The van der Waals surface area contributed by atoms with Crippen LogP contribution in [0.4, 0.5) is 24.5 Å². The molecule has 2 aromatic heterocycles. The quantitative estimate of drug-likeness (QED) is 0.573. The number of hydrogen-bond acceptors (Lipinski definition) is 4. The van der Waals surface area contributed by atoms with Crippen LogP contribution in [0.25, 0.3) is 0 Å². The van der Waals surface area contributed by atoms with Crippen LogP contribution in [0.1, 0.15) is 40.6 Å². The fraction of sp³-hybridized carbons (Fsp3) is 0.300. The molecular weight excluding hydrogens is 449 g/mol. The van der Waals surface area contributed by atoms with E-state index in [0.717, 1.165) is 4.68 Å². The largest absolute Gasteiger partial charge is 0.436 e. The van der Waals surface area contributed by atoms with Gasteiger partial charge in [-0.15, -0.1) is 0 Å². The Balaban J connectivity index is 1.41. The SMILES string of the molecule is Cn1ccc(C(=O)Nc2ccc(NC(=O)Cn3nc(C(F)(F)F)c(Cl)c3C3CC3)cc2)n1. The maximum atomic E-state index is 13.2. The van der Waals surface area contributed by atoms with Gasteiger partial charge in [0.15, 0.2) is 11.4 Å². The van der Waals surface area contributed by atoms with Crippen molar-refractivity contribution in [3.63, 3.8) is 0 Å². The van der Waals surface area contributed by atoms with E-state index in [-0.39, 0.29) is 23.2 Å². The normalized spacial score (nSPS) is 13.8. The lowest BCUT2D eigenvalue weighted by Gasteiger charge is -2.09. The van der Waals surface area contributed by atoms with E-state index in [1.807, 2.05) is 0 Å². The number of aryl methyl sites for hydroxylation is 1. The number of alkyl halides is 3. The second-order valence-electron chi connectivity index (χ2n) is 7.43. The van der Waals surface area contributed by atoms with E-state index in [0.29, 0.717) is 24.2 Å². The highest BCUT2D eigenvalue weighted by molar-refractivity contribution is 6.32. The maximum absolute atomic E-state index is 13.2. The third kappa shape index (κ3) is 4.77. The summed E-state index contributed by atoms with van der Waals surface area (Å²) in [6.45, 7) is -0.403. The minimum Gasteiger partial charge on any atom is -0.324 e. The van der Waals surface area contributed by atoms with Gasteiger partial charge in [0.2, 0.25) is 5.91 Å². The molecule has 8 nitrogen and oxygen atoms in total. The maximum Gasteiger partial charge on any atom is 0.436 e. The molecule has 4 rings (SSSR count). The molecule has 2 N–H and O–H groups in total. The minimum absolute atomic E-state index is 0.124. The van der Waals surface area contributed by atoms with Crippen LogP contribution >= 0.6 is 11.6 Å². The Bertz CT molecular complexity index is 1170. The highest BCUT2D eigenvalue weighted by atomic mass is 35.5. The van der Waals surface area contributed by atoms with Crippen molar-refractivity contribution >= 4 is 34.8 Å². The molecule has 2 amide bonds. The molecule has 32 heavy (non-hydrogen) atoms. The molecule has 0 aliphatic heterocycles. The molecule has 3 aromatic rings. The molecule has 0 spiro atoms. The number of carbonyl (C=O) groups is 2. The third-order valence-corrected chi connectivity index (χ3v) is 5.20. The number of nitrogens with zero attached hydrogens (tertiary/aromatic N) is 4. The molecule has 2 heterocycles. The van der Waals surface area contributed by atoms with Crippen LogP contribution in [0.3, 0.4) is 0 Å². The standard InChI is InChI=1S/C20H18ClF3N6O2/c1-29-9-8-14(27-29)19(32)26-13-6-4-12(5-7-13)25-15(31)10-30-17(11-2-3-11)16(21)18(28-30)20(22,23)24/h4-9,11H,2-3,10H2,1H3,(H,25,31)(H,26,32). The average molecular weight is 467 g/mol. The van der Waals surface area contributed by atoms with Crippen molar-refractivity contribution in [1.82, 2.24) is 19.6 Å². The van der Waals surface area contributed by atoms with Gasteiger partial charge >= 0.3 is 6.18 Å². The zero-order valence-electron chi connectivity index (χ0n) is 16.8. The summed E-state index contributed by atoms with van der Waals surface area (Å²) in [5.41, 5.74) is 0.215. The van der Waals surface area contributed by atoms with Crippen LogP contribution in [0.5, 0.6) is 0 Å². The van der Waals surface area contributed by atoms with Crippen LogP contribution in [0, 0.1) is 0 Å². The first-order chi connectivity index (χ1) is 15.1. The molecule has 1 aliphatic carbocycles. The van der Waals surface area contributed by atoms with E-state index in [2.05, 4.69) is 20.8 Å². The molecule has 0 unspecified atom stereocenters. The molecule has 0 bridgehead atoms. The van der Waals surface area contributed by atoms with E-state index in [1.165, 1.54) is 4.68 Å². The number of nitrogens with one attached hydrogen (secondary N) is 2. The number of hydrogen-bond donors (Lipinski definition) is 2. The fourth-order valence-corrected chi connectivity index (χ4v) is 3.60. The van der Waals surface area contributed by atoms with E-state index in [4.69, 9.17) is 11.6 Å². The number of aromatic nitrogens is 4. The summed E-state index contributed by atoms with van der Waals surface area (Å²) in [6.07, 6.45) is -1.64. The summed E-state index contributed by atoms with van der Waals surface area (Å²) in [6, 6.07) is 7.86. The van der Waals surface area contributed by atoms with Crippen molar-refractivity contribution in [2.24, 2.45) is 7.05 Å². The van der Waals surface area contributed by atoms with Crippen LogP contribution < -0.4 is 10.6 Å². The van der Waals surface area contributed by atoms with Gasteiger partial charge in [0, 0.05) is 30.5 Å². The van der Waals surface area contributed by atoms with E-state index in [1.54, 1.807) is 43.6 Å². The monoisotopic (exact) mass is 466 g/mol. The van der Waals surface area contributed by atoms with Crippen molar-refractivity contribution in [2.45, 2.75) is 31.5 Å². The van der Waals surface area contributed by atoms with Crippen LogP contribution in [-0.4, -0.2) is 31.4 Å². The van der Waals surface area contributed by atoms with E-state index < -0.39 is 29.3 Å². The zero-order valence-corrected chi connectivity index (χ0v) is 17.5. The lowest BCUT2D eigenvalue weighted by molar-refractivity contribution is -0.141. The first-order valence-corrected chi connectivity index (χ1v) is 10.0. The Labute approximate surface area is 185 Å². The summed E-state index contributed by atoms with van der Waals surface area (Å²) in [5, 5.41) is 12.4. The van der Waals surface area contributed by atoms with Crippen LogP contribution in [0.2, 0.25) is 5.02 Å². The minimum atomic E-state index is -4.70. The molecule has 0 saturated heterocycles. The first kappa shape index (κ1) is 21.9.